The zero-order chi connectivity index (χ0) is 25.2. The second-order valence-electron chi connectivity index (χ2n) is 7.20. The van der Waals surface area contributed by atoms with Crippen LogP contribution in [0, 0.1) is 12.3 Å². The molecule has 1 aromatic heterocycles. The van der Waals surface area contributed by atoms with Gasteiger partial charge in [-0.25, -0.2) is 4.68 Å². The summed E-state index contributed by atoms with van der Waals surface area (Å²) in [6.45, 7) is 0. The number of halogens is 5. The van der Waals surface area contributed by atoms with Gasteiger partial charge in [-0.1, -0.05) is 23.2 Å². The van der Waals surface area contributed by atoms with E-state index in [0.717, 1.165) is 0 Å². The van der Waals surface area contributed by atoms with Gasteiger partial charge in [-0.3, -0.25) is 4.79 Å². The molecule has 10 heteroatoms. The van der Waals surface area contributed by atoms with E-state index >= 15 is 0 Å². The van der Waals surface area contributed by atoms with Crippen LogP contribution >= 0.6 is 23.2 Å². The van der Waals surface area contributed by atoms with Crippen molar-refractivity contribution in [3.63, 3.8) is 0 Å². The molecule has 0 aliphatic heterocycles. The normalized spacial score (nSPS) is 11.1. The van der Waals surface area contributed by atoms with E-state index in [1.165, 1.54) is 28.9 Å². The third-order valence-electron chi connectivity index (χ3n) is 4.73. The highest BCUT2D eigenvalue weighted by Crippen LogP contribution is 2.32. The number of alkyl halides is 3. The number of carbonyl (C=O) groups excluding carboxylic acids is 1. The van der Waals surface area contributed by atoms with Crippen LogP contribution in [0.3, 0.4) is 0 Å². The minimum absolute atomic E-state index is 0.362. The average Bonchev–Trinajstić information content (AvgIpc) is 3.22. The summed E-state index contributed by atoms with van der Waals surface area (Å²) in [5, 5.41) is 8.60. The molecule has 0 aliphatic rings. The maximum atomic E-state index is 12.5. The van der Waals surface area contributed by atoms with Crippen molar-refractivity contribution in [2.45, 2.75) is 6.36 Å². The van der Waals surface area contributed by atoms with Crippen LogP contribution in [-0.2, 0) is 0 Å². The first-order valence-corrected chi connectivity index (χ1v) is 10.7. The molecule has 0 atom stereocenters. The Kier molecular flexibility index (Phi) is 6.74. The first kappa shape index (κ1) is 24.2. The third-order valence-corrected chi connectivity index (χ3v) is 5.17. The molecule has 0 spiro atoms. The van der Waals surface area contributed by atoms with Crippen molar-refractivity contribution < 1.29 is 22.7 Å². The minimum atomic E-state index is -4.80. The molecule has 0 bridgehead atoms. The number of benzene rings is 3. The first-order chi connectivity index (χ1) is 16.6. The van der Waals surface area contributed by atoms with Crippen molar-refractivity contribution in [3.8, 4) is 35.0 Å². The van der Waals surface area contributed by atoms with Crippen LogP contribution in [0.5, 0.6) is 5.75 Å². The van der Waals surface area contributed by atoms with E-state index in [9.17, 15) is 18.0 Å². The van der Waals surface area contributed by atoms with Crippen LogP contribution in [-0.4, -0.2) is 21.9 Å². The van der Waals surface area contributed by atoms with Gasteiger partial charge in [0.2, 0.25) is 5.78 Å². The highest BCUT2D eigenvalue weighted by atomic mass is 35.5. The van der Waals surface area contributed by atoms with E-state index in [1.807, 2.05) is 0 Å². The number of nitrogens with one attached hydrogen (secondary N) is 1. The minimum Gasteiger partial charge on any atom is -0.406 e. The highest BCUT2D eigenvalue weighted by molar-refractivity contribution is 6.35. The van der Waals surface area contributed by atoms with Crippen LogP contribution in [0.15, 0.2) is 72.8 Å². The number of hydrogen-bond donors (Lipinski definition) is 1. The van der Waals surface area contributed by atoms with Gasteiger partial charge < -0.3 is 10.1 Å². The van der Waals surface area contributed by atoms with E-state index in [2.05, 4.69) is 21.1 Å². The average molecular weight is 516 g/mol. The van der Waals surface area contributed by atoms with Gasteiger partial charge in [-0.2, -0.15) is 5.10 Å². The lowest BCUT2D eigenvalue weighted by Crippen LogP contribution is -2.17. The standard InChI is InChI=1S/C25H14Cl2F3N3O2/c1-2-23(34)15-3-5-19(6-4-15)31-24-14-22(16-11-17(26)13-18(27)12-16)32-33(24)20-7-9-21(10-8-20)35-25(28,29)30/h1,3-14,31H. The lowest BCUT2D eigenvalue weighted by atomic mass is 10.1. The van der Waals surface area contributed by atoms with Crippen molar-refractivity contribution in [2.75, 3.05) is 5.32 Å². The molecule has 35 heavy (non-hydrogen) atoms. The molecule has 0 unspecified atom stereocenters. The molecule has 176 valence electrons. The fourth-order valence-corrected chi connectivity index (χ4v) is 3.76. The summed E-state index contributed by atoms with van der Waals surface area (Å²) < 4.78 is 43.0. The predicted molar refractivity (Wildman–Crippen MR) is 129 cm³/mol. The van der Waals surface area contributed by atoms with Crippen molar-refractivity contribution in [1.29, 1.82) is 0 Å². The van der Waals surface area contributed by atoms with Gasteiger partial charge in [0.05, 0.1) is 11.4 Å². The monoisotopic (exact) mass is 515 g/mol. The molecule has 5 nitrogen and oxygen atoms in total. The van der Waals surface area contributed by atoms with Crippen molar-refractivity contribution in [2.24, 2.45) is 0 Å². The Labute approximate surface area is 208 Å². The zero-order valence-corrected chi connectivity index (χ0v) is 19.1. The predicted octanol–water partition coefficient (Wildman–Crippen LogP) is 7.30. The molecule has 1 N–H and O–H groups in total. The Morgan fingerprint density at radius 2 is 1.60 bits per heavy atom. The molecule has 0 saturated carbocycles. The second-order valence-corrected chi connectivity index (χ2v) is 8.08. The molecular weight excluding hydrogens is 502 g/mol. The highest BCUT2D eigenvalue weighted by Gasteiger charge is 2.31. The van der Waals surface area contributed by atoms with Gasteiger partial charge in [0.25, 0.3) is 0 Å². The van der Waals surface area contributed by atoms with Crippen LogP contribution in [0.4, 0.5) is 24.7 Å². The number of rotatable bonds is 6. The van der Waals surface area contributed by atoms with Gasteiger partial charge in [0, 0.05) is 32.9 Å². The smallest absolute Gasteiger partial charge is 0.406 e. The zero-order valence-electron chi connectivity index (χ0n) is 17.6. The Morgan fingerprint density at radius 1 is 0.971 bits per heavy atom. The second kappa shape index (κ2) is 9.74. The Balaban J connectivity index is 1.73. The fraction of sp³-hybridized carbons (Fsp3) is 0.0400. The van der Waals surface area contributed by atoms with Gasteiger partial charge in [-0.15, -0.1) is 19.6 Å². The van der Waals surface area contributed by atoms with Crippen molar-refractivity contribution in [3.05, 3.63) is 88.4 Å². The summed E-state index contributed by atoms with van der Waals surface area (Å²) >= 11 is 12.3. The number of terminal acetylenes is 1. The largest absolute Gasteiger partial charge is 0.573 e. The third kappa shape index (κ3) is 5.96. The lowest BCUT2D eigenvalue weighted by molar-refractivity contribution is -0.274. The molecule has 3 aromatic carbocycles. The summed E-state index contributed by atoms with van der Waals surface area (Å²) in [4.78, 5) is 11.7. The lowest BCUT2D eigenvalue weighted by Gasteiger charge is -2.12. The molecule has 0 aliphatic carbocycles. The molecule has 0 amide bonds. The van der Waals surface area contributed by atoms with E-state index in [1.54, 1.807) is 48.5 Å². The number of nitrogens with zero attached hydrogens (tertiary/aromatic N) is 2. The topological polar surface area (TPSA) is 56.2 Å². The van der Waals surface area contributed by atoms with E-state index < -0.39 is 12.1 Å². The van der Waals surface area contributed by atoms with E-state index in [4.69, 9.17) is 29.6 Å². The maximum absolute atomic E-state index is 12.5. The molecule has 0 saturated heterocycles. The Bertz CT molecular complexity index is 1400. The van der Waals surface area contributed by atoms with Crippen molar-refractivity contribution in [1.82, 2.24) is 9.78 Å². The maximum Gasteiger partial charge on any atom is 0.573 e. The molecule has 4 aromatic rings. The van der Waals surface area contributed by atoms with E-state index in [-0.39, 0.29) is 5.75 Å². The van der Waals surface area contributed by atoms with E-state index in [0.29, 0.717) is 44.1 Å². The Hall–Kier alpha value is -3.93. The number of ether oxygens (including phenoxy) is 1. The van der Waals surface area contributed by atoms with Gasteiger partial charge in [0.15, 0.2) is 0 Å². The molecule has 0 radical (unpaired) electrons. The van der Waals surface area contributed by atoms with Crippen LogP contribution in [0.1, 0.15) is 10.4 Å². The Morgan fingerprint density at radius 3 is 2.17 bits per heavy atom. The van der Waals surface area contributed by atoms with Gasteiger partial charge in [-0.05, 0) is 72.7 Å². The number of aromatic nitrogens is 2. The van der Waals surface area contributed by atoms with Crippen LogP contribution in [0.25, 0.3) is 16.9 Å². The molecule has 1 heterocycles. The number of Topliss-reactive ketones (excluding diaryl/α,β-unsaturated/α-hetero) is 1. The molecular formula is C25H14Cl2F3N3O2. The van der Waals surface area contributed by atoms with Crippen LogP contribution < -0.4 is 10.1 Å². The summed E-state index contributed by atoms with van der Waals surface area (Å²) in [7, 11) is 0. The molecule has 0 fully saturated rings. The summed E-state index contributed by atoms with van der Waals surface area (Å²) in [5.74, 6) is 1.73. The number of anilines is 2. The van der Waals surface area contributed by atoms with Gasteiger partial charge in [0.1, 0.15) is 11.6 Å². The van der Waals surface area contributed by atoms with Crippen LogP contribution in [0.2, 0.25) is 10.0 Å². The van der Waals surface area contributed by atoms with Gasteiger partial charge >= 0.3 is 6.36 Å². The number of ketones is 1. The number of hydrogen-bond acceptors (Lipinski definition) is 4. The SMILES string of the molecule is C#CC(=O)c1ccc(Nc2cc(-c3cc(Cl)cc(Cl)c3)nn2-c2ccc(OC(F)(F)F)cc2)cc1. The summed E-state index contributed by atoms with van der Waals surface area (Å²) in [6, 6.07) is 18.4. The first-order valence-electron chi connectivity index (χ1n) is 9.92. The van der Waals surface area contributed by atoms with Crippen molar-refractivity contribution >= 4 is 40.5 Å². The fourth-order valence-electron chi connectivity index (χ4n) is 3.23. The quantitative estimate of drug-likeness (QED) is 0.166. The summed E-state index contributed by atoms with van der Waals surface area (Å²) in [5.41, 5.74) is 2.58. The molecule has 4 rings (SSSR count). The summed E-state index contributed by atoms with van der Waals surface area (Å²) in [6.07, 6.45) is 0.357. The number of carbonyl (C=O) groups is 1.